The average Bonchev–Trinajstić information content (AvgIpc) is 2.63. The second kappa shape index (κ2) is 8.36. The maximum absolute atomic E-state index is 11.7. The summed E-state index contributed by atoms with van der Waals surface area (Å²) in [7, 11) is 0. The third kappa shape index (κ3) is 4.44. The summed E-state index contributed by atoms with van der Waals surface area (Å²) in [5.41, 5.74) is 4.56. The topological polar surface area (TPSA) is 64.9 Å². The van der Waals surface area contributed by atoms with Crippen LogP contribution in [0.25, 0.3) is 0 Å². The Kier molecular flexibility index (Phi) is 6.17. The fourth-order valence-corrected chi connectivity index (χ4v) is 4.26. The first-order valence-electron chi connectivity index (χ1n) is 8.47. The van der Waals surface area contributed by atoms with Gasteiger partial charge in [-0.15, -0.1) is 0 Å². The normalized spacial score (nSPS) is 22.8. The van der Waals surface area contributed by atoms with Gasteiger partial charge in [0.05, 0.1) is 11.4 Å². The Hall–Kier alpha value is -1.34. The van der Waals surface area contributed by atoms with Gasteiger partial charge in [-0.1, -0.05) is 54.6 Å². The third-order valence-electron chi connectivity index (χ3n) is 4.45. The summed E-state index contributed by atoms with van der Waals surface area (Å²) >= 11 is 7.70. The van der Waals surface area contributed by atoms with Crippen molar-refractivity contribution in [2.75, 3.05) is 19.6 Å². The van der Waals surface area contributed by atoms with E-state index in [1.54, 1.807) is 17.8 Å². The fourth-order valence-electron chi connectivity index (χ4n) is 2.97. The van der Waals surface area contributed by atoms with E-state index >= 15 is 0 Å². The minimum Gasteiger partial charge on any atom is -0.387 e. The molecular formula is C18H22ClN3O2S. The summed E-state index contributed by atoms with van der Waals surface area (Å²) in [6, 6.07) is 7.40. The second-order valence-electron chi connectivity index (χ2n) is 6.18. The number of thioether (sulfide) groups is 1. The monoisotopic (exact) mass is 379 g/mol. The Labute approximate surface area is 157 Å². The number of nitrogens with zero attached hydrogens (tertiary/aromatic N) is 2. The molecule has 7 heteroatoms. The van der Waals surface area contributed by atoms with Crippen LogP contribution in [0.1, 0.15) is 31.4 Å². The predicted molar refractivity (Wildman–Crippen MR) is 103 cm³/mol. The number of carbonyl (C=O) groups is 1. The predicted octanol–water partition coefficient (Wildman–Crippen LogP) is 2.96. The van der Waals surface area contributed by atoms with Crippen LogP contribution in [0.15, 0.2) is 41.0 Å². The van der Waals surface area contributed by atoms with Crippen molar-refractivity contribution < 1.29 is 9.90 Å². The van der Waals surface area contributed by atoms with Crippen LogP contribution in [-0.2, 0) is 4.79 Å². The van der Waals surface area contributed by atoms with Gasteiger partial charge in [-0.3, -0.25) is 9.69 Å². The largest absolute Gasteiger partial charge is 0.387 e. The summed E-state index contributed by atoms with van der Waals surface area (Å²) in [6.45, 7) is 4.15. The Balaban J connectivity index is 1.59. The minimum absolute atomic E-state index is 0.0165. The molecule has 0 aliphatic carbocycles. The van der Waals surface area contributed by atoms with Gasteiger partial charge in [-0.2, -0.15) is 5.10 Å². The maximum Gasteiger partial charge on any atom is 0.253 e. The number of benzene rings is 1. The number of β-amino-alcohol motifs (C(OH)–C–C–N with tert-alkyl or cyclic N) is 1. The Morgan fingerprint density at radius 1 is 1.48 bits per heavy atom. The Morgan fingerprint density at radius 2 is 2.28 bits per heavy atom. The molecule has 0 bridgehead atoms. The molecule has 1 aromatic carbocycles. The zero-order valence-corrected chi connectivity index (χ0v) is 15.7. The standard InChI is InChI=1S/C18H22ClN3O2S/c1-2-16-17(24)20-21-18(25-16)12-7-9-22(10-8-12)11-15(23)13-5-3-4-6-14(13)19/h3-7,15-16,23H,2,8-11H2,1H3,(H,20,24). The van der Waals surface area contributed by atoms with Crippen molar-refractivity contribution in [3.63, 3.8) is 0 Å². The lowest BCUT2D eigenvalue weighted by molar-refractivity contribution is -0.120. The smallest absolute Gasteiger partial charge is 0.253 e. The molecule has 3 rings (SSSR count). The van der Waals surface area contributed by atoms with Gasteiger partial charge in [0.1, 0.15) is 5.04 Å². The van der Waals surface area contributed by atoms with Gasteiger partial charge >= 0.3 is 0 Å². The van der Waals surface area contributed by atoms with E-state index in [1.807, 2.05) is 25.1 Å². The number of hydrogen-bond donors (Lipinski definition) is 2. The summed E-state index contributed by atoms with van der Waals surface area (Å²) in [5.74, 6) is -0.0165. The molecule has 134 valence electrons. The van der Waals surface area contributed by atoms with E-state index in [9.17, 15) is 9.90 Å². The summed E-state index contributed by atoms with van der Waals surface area (Å²) in [4.78, 5) is 13.9. The SMILES string of the molecule is CCC1SC(C2=CCN(CC(O)c3ccccc3Cl)CC2)=NNC1=O. The molecule has 2 aliphatic rings. The first-order chi connectivity index (χ1) is 12.1. The zero-order chi connectivity index (χ0) is 17.8. The van der Waals surface area contributed by atoms with Crippen LogP contribution in [0, 0.1) is 0 Å². The minimum atomic E-state index is -0.603. The average molecular weight is 380 g/mol. The molecule has 25 heavy (non-hydrogen) atoms. The number of aliphatic hydroxyl groups excluding tert-OH is 1. The molecule has 2 aliphatic heterocycles. The van der Waals surface area contributed by atoms with E-state index < -0.39 is 6.10 Å². The van der Waals surface area contributed by atoms with E-state index in [0.29, 0.717) is 11.6 Å². The van der Waals surface area contributed by atoms with Crippen LogP contribution in [0.2, 0.25) is 5.02 Å². The lowest BCUT2D eigenvalue weighted by atomic mass is 10.1. The molecule has 2 atom stereocenters. The summed E-state index contributed by atoms with van der Waals surface area (Å²) < 4.78 is 0. The fraction of sp³-hybridized carbons (Fsp3) is 0.444. The number of nitrogens with one attached hydrogen (secondary N) is 1. The van der Waals surface area contributed by atoms with Crippen LogP contribution in [-0.4, -0.2) is 45.8 Å². The van der Waals surface area contributed by atoms with E-state index in [-0.39, 0.29) is 11.2 Å². The van der Waals surface area contributed by atoms with Crippen molar-refractivity contribution in [1.29, 1.82) is 0 Å². The van der Waals surface area contributed by atoms with Gasteiger partial charge in [0.2, 0.25) is 0 Å². The lowest BCUT2D eigenvalue weighted by Gasteiger charge is -2.30. The number of rotatable bonds is 5. The van der Waals surface area contributed by atoms with Crippen LogP contribution in [0.4, 0.5) is 0 Å². The van der Waals surface area contributed by atoms with Gasteiger partial charge in [0.25, 0.3) is 5.91 Å². The molecule has 2 heterocycles. The van der Waals surface area contributed by atoms with Crippen LogP contribution in [0.5, 0.6) is 0 Å². The molecule has 0 spiro atoms. The molecule has 0 fully saturated rings. The van der Waals surface area contributed by atoms with Crippen molar-refractivity contribution in [3.05, 3.63) is 46.5 Å². The number of hydrogen-bond acceptors (Lipinski definition) is 5. The number of amides is 1. The van der Waals surface area contributed by atoms with Gasteiger partial charge in [0, 0.05) is 30.2 Å². The Bertz CT molecular complexity index is 707. The van der Waals surface area contributed by atoms with Crippen molar-refractivity contribution in [2.24, 2.45) is 5.10 Å². The quantitative estimate of drug-likeness (QED) is 0.825. The van der Waals surface area contributed by atoms with Crippen molar-refractivity contribution in [3.8, 4) is 0 Å². The molecule has 5 nitrogen and oxygen atoms in total. The Morgan fingerprint density at radius 3 is 2.96 bits per heavy atom. The molecule has 1 aromatic rings. The molecule has 2 N–H and O–H groups in total. The third-order valence-corrected chi connectivity index (χ3v) is 6.20. The molecular weight excluding hydrogens is 358 g/mol. The van der Waals surface area contributed by atoms with E-state index in [2.05, 4.69) is 21.5 Å². The van der Waals surface area contributed by atoms with E-state index in [4.69, 9.17) is 11.6 Å². The lowest BCUT2D eigenvalue weighted by Crippen LogP contribution is -2.37. The molecule has 0 radical (unpaired) electrons. The van der Waals surface area contributed by atoms with Gasteiger partial charge in [0.15, 0.2) is 0 Å². The number of halogens is 1. The molecule has 1 amide bonds. The van der Waals surface area contributed by atoms with Crippen LogP contribution in [0.3, 0.4) is 0 Å². The van der Waals surface area contributed by atoms with Crippen molar-refractivity contribution in [1.82, 2.24) is 10.3 Å². The van der Waals surface area contributed by atoms with Crippen LogP contribution >= 0.6 is 23.4 Å². The number of aliphatic hydroxyl groups is 1. The van der Waals surface area contributed by atoms with Gasteiger partial charge in [-0.05, 0) is 24.5 Å². The highest BCUT2D eigenvalue weighted by atomic mass is 35.5. The summed E-state index contributed by atoms with van der Waals surface area (Å²) in [5, 5.41) is 16.1. The second-order valence-corrected chi connectivity index (χ2v) is 7.78. The van der Waals surface area contributed by atoms with E-state index in [0.717, 1.165) is 36.5 Å². The van der Waals surface area contributed by atoms with E-state index in [1.165, 1.54) is 5.57 Å². The first-order valence-corrected chi connectivity index (χ1v) is 9.72. The maximum atomic E-state index is 11.7. The van der Waals surface area contributed by atoms with Gasteiger partial charge < -0.3 is 5.11 Å². The van der Waals surface area contributed by atoms with Crippen LogP contribution < -0.4 is 5.43 Å². The molecule has 2 unspecified atom stereocenters. The summed E-state index contributed by atoms with van der Waals surface area (Å²) in [6.07, 6.45) is 3.18. The molecule has 0 saturated carbocycles. The highest BCUT2D eigenvalue weighted by Crippen LogP contribution is 2.28. The highest BCUT2D eigenvalue weighted by Gasteiger charge is 2.27. The van der Waals surface area contributed by atoms with Crippen molar-refractivity contribution in [2.45, 2.75) is 31.1 Å². The number of hydrazone groups is 1. The first kappa shape index (κ1) is 18.5. The molecule has 0 saturated heterocycles. The highest BCUT2D eigenvalue weighted by molar-refractivity contribution is 8.15. The number of carbonyl (C=O) groups excluding carboxylic acids is 1. The van der Waals surface area contributed by atoms with Crippen molar-refractivity contribution >= 4 is 34.3 Å². The zero-order valence-electron chi connectivity index (χ0n) is 14.1. The molecule has 0 aromatic heterocycles. The van der Waals surface area contributed by atoms with Gasteiger partial charge in [-0.25, -0.2) is 5.43 Å².